The van der Waals surface area contributed by atoms with Crippen molar-refractivity contribution >= 4 is 17.2 Å². The third-order valence-corrected chi connectivity index (χ3v) is 3.91. The van der Waals surface area contributed by atoms with E-state index in [9.17, 15) is 4.79 Å². The van der Waals surface area contributed by atoms with Crippen molar-refractivity contribution in [3.63, 3.8) is 0 Å². The van der Waals surface area contributed by atoms with Crippen molar-refractivity contribution in [2.45, 2.75) is 19.9 Å². The molecule has 3 aromatic rings. The van der Waals surface area contributed by atoms with E-state index in [0.717, 1.165) is 10.6 Å². The van der Waals surface area contributed by atoms with Crippen LogP contribution < -0.4 is 5.32 Å². The summed E-state index contributed by atoms with van der Waals surface area (Å²) in [6, 6.07) is 9.39. The molecule has 6 nitrogen and oxygen atoms in total. The maximum atomic E-state index is 12.2. The number of carbonyl (C=O) groups is 1. The summed E-state index contributed by atoms with van der Waals surface area (Å²) in [5.74, 6) is 0.655. The molecule has 112 valence electrons. The summed E-state index contributed by atoms with van der Waals surface area (Å²) in [5.41, 5.74) is 1.37. The Kier molecular flexibility index (Phi) is 3.97. The van der Waals surface area contributed by atoms with E-state index < -0.39 is 0 Å². The second kappa shape index (κ2) is 6.07. The SMILES string of the molecule is Cc1noc([C@H](C)NC(=O)c2csc(-c3ccccc3)n2)n1. The van der Waals surface area contributed by atoms with E-state index in [1.165, 1.54) is 11.3 Å². The molecule has 0 saturated heterocycles. The Balaban J connectivity index is 1.72. The average Bonchev–Trinajstić information content (AvgIpc) is 3.17. The molecule has 22 heavy (non-hydrogen) atoms. The molecule has 0 saturated carbocycles. The summed E-state index contributed by atoms with van der Waals surface area (Å²) in [6.45, 7) is 3.52. The summed E-state index contributed by atoms with van der Waals surface area (Å²) >= 11 is 1.43. The maximum Gasteiger partial charge on any atom is 0.271 e. The van der Waals surface area contributed by atoms with Crippen molar-refractivity contribution in [2.75, 3.05) is 0 Å². The van der Waals surface area contributed by atoms with Crippen molar-refractivity contribution in [1.29, 1.82) is 0 Å². The molecule has 0 bridgehead atoms. The number of hydrogen-bond donors (Lipinski definition) is 1. The molecule has 0 fully saturated rings. The first-order chi connectivity index (χ1) is 10.6. The van der Waals surface area contributed by atoms with Gasteiger partial charge in [-0.3, -0.25) is 4.79 Å². The van der Waals surface area contributed by atoms with E-state index in [0.29, 0.717) is 17.4 Å². The molecule has 0 aliphatic rings. The number of amides is 1. The second-order valence-electron chi connectivity index (χ2n) is 4.78. The Morgan fingerprint density at radius 2 is 2.05 bits per heavy atom. The third kappa shape index (κ3) is 3.04. The largest absolute Gasteiger partial charge is 0.339 e. The molecule has 1 atom stereocenters. The highest BCUT2D eigenvalue weighted by atomic mass is 32.1. The Bertz CT molecular complexity index is 782. The Morgan fingerprint density at radius 3 is 2.73 bits per heavy atom. The first-order valence-corrected chi connectivity index (χ1v) is 7.63. The van der Waals surface area contributed by atoms with Crippen LogP contribution in [-0.4, -0.2) is 21.0 Å². The molecular formula is C15H14N4O2S. The van der Waals surface area contributed by atoms with Crippen LogP contribution in [-0.2, 0) is 0 Å². The highest BCUT2D eigenvalue weighted by molar-refractivity contribution is 7.13. The van der Waals surface area contributed by atoms with Crippen LogP contribution in [0, 0.1) is 6.92 Å². The molecule has 2 heterocycles. The van der Waals surface area contributed by atoms with Crippen molar-refractivity contribution in [1.82, 2.24) is 20.4 Å². The monoisotopic (exact) mass is 314 g/mol. The zero-order valence-electron chi connectivity index (χ0n) is 12.1. The lowest BCUT2D eigenvalue weighted by Crippen LogP contribution is -2.27. The molecule has 1 N–H and O–H groups in total. The molecule has 0 aliphatic carbocycles. The Hall–Kier alpha value is -2.54. The minimum absolute atomic E-state index is 0.262. The first-order valence-electron chi connectivity index (χ1n) is 6.75. The van der Waals surface area contributed by atoms with Crippen molar-refractivity contribution < 1.29 is 9.32 Å². The fourth-order valence-corrected chi connectivity index (χ4v) is 2.72. The van der Waals surface area contributed by atoms with Gasteiger partial charge in [0.15, 0.2) is 5.82 Å². The zero-order valence-corrected chi connectivity index (χ0v) is 12.9. The van der Waals surface area contributed by atoms with E-state index in [4.69, 9.17) is 4.52 Å². The number of aryl methyl sites for hydroxylation is 1. The quantitative estimate of drug-likeness (QED) is 0.800. The van der Waals surface area contributed by atoms with Crippen LogP contribution in [0.25, 0.3) is 10.6 Å². The maximum absolute atomic E-state index is 12.2. The number of hydrogen-bond acceptors (Lipinski definition) is 6. The smallest absolute Gasteiger partial charge is 0.271 e. The van der Waals surface area contributed by atoms with Crippen LogP contribution in [0.2, 0.25) is 0 Å². The number of nitrogens with one attached hydrogen (secondary N) is 1. The highest BCUT2D eigenvalue weighted by Gasteiger charge is 2.18. The van der Waals surface area contributed by atoms with Crippen LogP contribution in [0.1, 0.15) is 35.2 Å². The van der Waals surface area contributed by atoms with Crippen LogP contribution in [0.5, 0.6) is 0 Å². The van der Waals surface area contributed by atoms with Crippen LogP contribution >= 0.6 is 11.3 Å². The lowest BCUT2D eigenvalue weighted by molar-refractivity contribution is 0.0928. The van der Waals surface area contributed by atoms with Gasteiger partial charge in [0.1, 0.15) is 16.7 Å². The molecule has 7 heteroatoms. The minimum Gasteiger partial charge on any atom is -0.339 e. The van der Waals surface area contributed by atoms with Gasteiger partial charge < -0.3 is 9.84 Å². The predicted octanol–water partition coefficient (Wildman–Crippen LogP) is 2.99. The lowest BCUT2D eigenvalue weighted by Gasteiger charge is -2.07. The molecule has 0 aliphatic heterocycles. The van der Waals surface area contributed by atoms with E-state index in [-0.39, 0.29) is 11.9 Å². The summed E-state index contributed by atoms with van der Waals surface area (Å²) in [6.07, 6.45) is 0. The van der Waals surface area contributed by atoms with Crippen LogP contribution in [0.3, 0.4) is 0 Å². The van der Waals surface area contributed by atoms with Gasteiger partial charge >= 0.3 is 0 Å². The topological polar surface area (TPSA) is 80.9 Å². The second-order valence-corrected chi connectivity index (χ2v) is 5.64. The predicted molar refractivity (Wildman–Crippen MR) is 82.5 cm³/mol. The molecule has 1 amide bonds. The van der Waals surface area contributed by atoms with Crippen LogP contribution in [0.15, 0.2) is 40.2 Å². The number of aromatic nitrogens is 3. The van der Waals surface area contributed by atoms with Gasteiger partial charge in [0.2, 0.25) is 5.89 Å². The van der Waals surface area contributed by atoms with Crippen molar-refractivity contribution in [3.05, 3.63) is 53.1 Å². The average molecular weight is 314 g/mol. The molecule has 0 radical (unpaired) electrons. The summed E-state index contributed by atoms with van der Waals surface area (Å²) in [7, 11) is 0. The third-order valence-electron chi connectivity index (χ3n) is 3.02. The molecule has 3 rings (SSSR count). The molecular weight excluding hydrogens is 300 g/mol. The van der Waals surface area contributed by atoms with E-state index in [1.807, 2.05) is 30.3 Å². The minimum atomic E-state index is -0.365. The lowest BCUT2D eigenvalue weighted by atomic mass is 10.2. The van der Waals surface area contributed by atoms with Crippen molar-refractivity contribution in [2.24, 2.45) is 0 Å². The number of carbonyl (C=O) groups excluding carboxylic acids is 1. The van der Waals surface area contributed by atoms with Gasteiger partial charge in [-0.1, -0.05) is 35.5 Å². The molecule has 2 aromatic heterocycles. The summed E-state index contributed by atoms with van der Waals surface area (Å²) in [4.78, 5) is 20.7. The van der Waals surface area contributed by atoms with Crippen LogP contribution in [0.4, 0.5) is 0 Å². The number of thiazole rings is 1. The van der Waals surface area contributed by atoms with E-state index >= 15 is 0 Å². The molecule has 0 spiro atoms. The zero-order chi connectivity index (χ0) is 15.5. The van der Waals surface area contributed by atoms with E-state index in [2.05, 4.69) is 20.4 Å². The van der Waals surface area contributed by atoms with Gasteiger partial charge in [-0.25, -0.2) is 4.98 Å². The highest BCUT2D eigenvalue weighted by Crippen LogP contribution is 2.23. The molecule has 1 aromatic carbocycles. The fourth-order valence-electron chi connectivity index (χ4n) is 1.91. The van der Waals surface area contributed by atoms with E-state index in [1.54, 1.807) is 19.2 Å². The van der Waals surface area contributed by atoms with Gasteiger partial charge in [-0.05, 0) is 13.8 Å². The fraction of sp³-hybridized carbons (Fsp3) is 0.200. The Morgan fingerprint density at radius 1 is 1.27 bits per heavy atom. The summed E-state index contributed by atoms with van der Waals surface area (Å²) in [5, 5.41) is 9.06. The van der Waals surface area contributed by atoms with Gasteiger partial charge in [-0.15, -0.1) is 11.3 Å². The summed E-state index contributed by atoms with van der Waals surface area (Å²) < 4.78 is 5.04. The molecule has 0 unspecified atom stereocenters. The standard InChI is InChI=1S/C15H14N4O2S/c1-9(14-17-10(2)19-21-14)16-13(20)12-8-22-15(18-12)11-6-4-3-5-7-11/h3-9H,1-2H3,(H,16,20)/t9-/m0/s1. The van der Waals surface area contributed by atoms with Gasteiger partial charge in [-0.2, -0.15) is 4.98 Å². The number of benzene rings is 1. The van der Waals surface area contributed by atoms with Gasteiger partial charge in [0, 0.05) is 10.9 Å². The number of rotatable bonds is 4. The Labute approximate surface area is 131 Å². The normalized spacial score (nSPS) is 12.1. The number of nitrogens with zero attached hydrogens (tertiary/aromatic N) is 3. The first kappa shape index (κ1) is 14.4. The van der Waals surface area contributed by atoms with Gasteiger partial charge in [0.05, 0.1) is 0 Å². The van der Waals surface area contributed by atoms with Crippen molar-refractivity contribution in [3.8, 4) is 10.6 Å². The van der Waals surface area contributed by atoms with Gasteiger partial charge in [0.25, 0.3) is 5.91 Å².